The smallest absolute Gasteiger partial charge is 0.326 e. The number of carbonyl (C=O) groups excluding carboxylic acids is 4. The molecule has 0 rings (SSSR count). The normalized spacial score (nSPS) is 13.9. The molecule has 16 heteroatoms. The van der Waals surface area contributed by atoms with E-state index in [1.165, 1.54) is 11.8 Å². The molecule has 37 heavy (non-hydrogen) atoms. The van der Waals surface area contributed by atoms with Gasteiger partial charge < -0.3 is 49.7 Å². The average Bonchev–Trinajstić information content (AvgIpc) is 2.82. The lowest BCUT2D eigenvalue weighted by Crippen LogP contribution is -2.57. The molecule has 0 aromatic rings. The molecule has 15 nitrogen and oxygen atoms in total. The Morgan fingerprint density at radius 3 is 1.97 bits per heavy atom. The van der Waals surface area contributed by atoms with Gasteiger partial charge in [0.1, 0.15) is 18.1 Å². The van der Waals surface area contributed by atoms with Crippen molar-refractivity contribution in [3.63, 3.8) is 0 Å². The highest BCUT2D eigenvalue weighted by atomic mass is 32.2. The van der Waals surface area contributed by atoms with Crippen molar-refractivity contribution >= 4 is 47.3 Å². The number of hydrogen-bond acceptors (Lipinski definition) is 9. The zero-order valence-electron chi connectivity index (χ0n) is 21.1. The molecule has 4 atom stereocenters. The van der Waals surface area contributed by atoms with Crippen LogP contribution in [0.4, 0.5) is 0 Å². The number of nitrogens with one attached hydrogen (secondary N) is 3. The molecule has 0 radical (unpaired) electrons. The van der Waals surface area contributed by atoms with E-state index in [9.17, 15) is 29.1 Å². The number of rotatable bonds is 20. The van der Waals surface area contributed by atoms with E-state index in [0.29, 0.717) is 31.6 Å². The molecule has 212 valence electrons. The minimum absolute atomic E-state index is 0.0407. The van der Waals surface area contributed by atoms with Crippen LogP contribution in [0.1, 0.15) is 44.9 Å². The first-order chi connectivity index (χ1) is 17.4. The van der Waals surface area contributed by atoms with Gasteiger partial charge in [0, 0.05) is 6.54 Å². The fourth-order valence-electron chi connectivity index (χ4n) is 3.14. The van der Waals surface area contributed by atoms with E-state index in [1.54, 1.807) is 6.26 Å². The maximum Gasteiger partial charge on any atom is 0.326 e. The number of carboxylic acid groups (broad SMARTS) is 1. The first kappa shape index (κ1) is 33.9. The third-order valence-electron chi connectivity index (χ3n) is 5.15. The van der Waals surface area contributed by atoms with Crippen LogP contribution in [0.25, 0.3) is 0 Å². The Labute approximate surface area is 220 Å². The summed E-state index contributed by atoms with van der Waals surface area (Å²) in [4.78, 5) is 65.3. The molecule has 0 aliphatic rings. The summed E-state index contributed by atoms with van der Waals surface area (Å²) in [6, 6.07) is -4.72. The first-order valence-electron chi connectivity index (χ1n) is 11.8. The monoisotopic (exact) mass is 547 g/mol. The Hall–Kier alpha value is -3.11. The summed E-state index contributed by atoms with van der Waals surface area (Å²) >= 11 is 1.41. The molecule has 0 spiro atoms. The summed E-state index contributed by atoms with van der Waals surface area (Å²) in [6.07, 6.45) is 3.30. The van der Waals surface area contributed by atoms with Crippen LogP contribution in [-0.4, -0.2) is 89.9 Å². The van der Waals surface area contributed by atoms with Crippen LogP contribution in [0.15, 0.2) is 4.99 Å². The van der Waals surface area contributed by atoms with E-state index in [-0.39, 0.29) is 31.8 Å². The van der Waals surface area contributed by atoms with Crippen LogP contribution >= 0.6 is 11.8 Å². The van der Waals surface area contributed by atoms with Crippen molar-refractivity contribution in [1.29, 1.82) is 0 Å². The van der Waals surface area contributed by atoms with Crippen LogP contribution in [0.3, 0.4) is 0 Å². The Bertz CT molecular complexity index is 794. The average molecular weight is 548 g/mol. The van der Waals surface area contributed by atoms with Crippen molar-refractivity contribution in [2.24, 2.45) is 33.7 Å². The highest BCUT2D eigenvalue weighted by Gasteiger charge is 2.30. The van der Waals surface area contributed by atoms with Gasteiger partial charge in [-0.2, -0.15) is 11.8 Å². The molecule has 4 amide bonds. The zero-order chi connectivity index (χ0) is 28.4. The molecular formula is C21H41N9O6S. The second kappa shape index (κ2) is 19.1. The molecule has 14 N–H and O–H groups in total. The molecule has 0 aromatic heterocycles. The lowest BCUT2D eigenvalue weighted by Gasteiger charge is -2.25. The summed E-state index contributed by atoms with van der Waals surface area (Å²) in [7, 11) is 0. The topological polar surface area (TPSA) is 284 Å². The maximum absolute atomic E-state index is 13.0. The number of primary amides is 1. The third kappa shape index (κ3) is 15.6. The largest absolute Gasteiger partial charge is 0.480 e. The zero-order valence-corrected chi connectivity index (χ0v) is 21.9. The summed E-state index contributed by atoms with van der Waals surface area (Å²) in [5, 5.41) is 16.7. The summed E-state index contributed by atoms with van der Waals surface area (Å²) in [6.45, 7) is 0.587. The summed E-state index contributed by atoms with van der Waals surface area (Å²) in [5.74, 6) is -4.05. The minimum atomic E-state index is -1.40. The predicted octanol–water partition coefficient (Wildman–Crippen LogP) is -3.34. The molecule has 0 heterocycles. The molecule has 0 saturated carbocycles. The number of aliphatic imine (C=N–C) groups is 1. The van der Waals surface area contributed by atoms with Gasteiger partial charge in [0.15, 0.2) is 5.96 Å². The number of amides is 4. The first-order valence-corrected chi connectivity index (χ1v) is 13.2. The molecule has 0 bridgehead atoms. The standard InChI is InChI=1S/C21H41N9O6S/c1-37-10-7-14(20(35)36)29-18(33)13(6-4-9-27-21(25)26)28-19(34)15(11-16(24)31)30-17(32)12(23)5-2-3-8-22/h12-15H,2-11,22-23H2,1H3,(H2,24,31)(H,28,34)(H,29,33)(H,30,32)(H,35,36)(H4,25,26,27). The number of nitrogens with zero attached hydrogens (tertiary/aromatic N) is 1. The van der Waals surface area contributed by atoms with Gasteiger partial charge >= 0.3 is 5.97 Å². The van der Waals surface area contributed by atoms with Gasteiger partial charge in [0.25, 0.3) is 0 Å². The predicted molar refractivity (Wildman–Crippen MR) is 141 cm³/mol. The van der Waals surface area contributed by atoms with Crippen LogP contribution in [0.2, 0.25) is 0 Å². The molecule has 0 aromatic carbocycles. The van der Waals surface area contributed by atoms with E-state index in [0.717, 1.165) is 0 Å². The number of carbonyl (C=O) groups is 5. The number of hydrogen-bond donors (Lipinski definition) is 9. The fraction of sp³-hybridized carbons (Fsp3) is 0.714. The molecule has 4 unspecified atom stereocenters. The van der Waals surface area contributed by atoms with Crippen molar-refractivity contribution < 1.29 is 29.1 Å². The molecular weight excluding hydrogens is 506 g/mol. The number of thioether (sulfide) groups is 1. The second-order valence-electron chi connectivity index (χ2n) is 8.31. The van der Waals surface area contributed by atoms with Crippen LogP contribution in [0.5, 0.6) is 0 Å². The van der Waals surface area contributed by atoms with Crippen LogP contribution in [0, 0.1) is 0 Å². The van der Waals surface area contributed by atoms with E-state index < -0.39 is 60.2 Å². The lowest BCUT2D eigenvalue weighted by atomic mass is 10.1. The second-order valence-corrected chi connectivity index (χ2v) is 9.30. The highest BCUT2D eigenvalue weighted by Crippen LogP contribution is 2.06. The Kier molecular flexibility index (Phi) is 17.5. The van der Waals surface area contributed by atoms with E-state index in [4.69, 9.17) is 28.7 Å². The third-order valence-corrected chi connectivity index (χ3v) is 5.79. The summed E-state index contributed by atoms with van der Waals surface area (Å²) < 4.78 is 0. The summed E-state index contributed by atoms with van der Waals surface area (Å²) in [5.41, 5.74) is 27.1. The van der Waals surface area contributed by atoms with Crippen molar-refractivity contribution in [2.75, 3.05) is 25.1 Å². The van der Waals surface area contributed by atoms with Gasteiger partial charge in [-0.15, -0.1) is 0 Å². The molecule has 0 fully saturated rings. The van der Waals surface area contributed by atoms with E-state index >= 15 is 0 Å². The number of nitrogens with two attached hydrogens (primary N) is 5. The van der Waals surface area contributed by atoms with Crippen molar-refractivity contribution in [3.05, 3.63) is 0 Å². The van der Waals surface area contributed by atoms with Gasteiger partial charge in [-0.1, -0.05) is 6.42 Å². The van der Waals surface area contributed by atoms with Gasteiger partial charge in [0.05, 0.1) is 12.5 Å². The molecule has 0 aliphatic carbocycles. The SMILES string of the molecule is CSCCC(NC(=O)C(CCCN=C(N)N)NC(=O)C(CC(N)=O)NC(=O)C(N)CCCCN)C(=O)O. The Balaban J connectivity index is 5.56. The maximum atomic E-state index is 13.0. The van der Waals surface area contributed by atoms with Crippen molar-refractivity contribution in [1.82, 2.24) is 16.0 Å². The highest BCUT2D eigenvalue weighted by molar-refractivity contribution is 7.98. The Morgan fingerprint density at radius 1 is 0.838 bits per heavy atom. The van der Waals surface area contributed by atoms with Crippen molar-refractivity contribution in [3.8, 4) is 0 Å². The minimum Gasteiger partial charge on any atom is -0.480 e. The quantitative estimate of drug-likeness (QED) is 0.0412. The van der Waals surface area contributed by atoms with Gasteiger partial charge in [-0.05, 0) is 50.7 Å². The van der Waals surface area contributed by atoms with E-state index in [1.807, 2.05) is 0 Å². The van der Waals surface area contributed by atoms with Gasteiger partial charge in [0.2, 0.25) is 23.6 Å². The van der Waals surface area contributed by atoms with Crippen LogP contribution in [-0.2, 0) is 24.0 Å². The lowest BCUT2D eigenvalue weighted by molar-refractivity contribution is -0.142. The molecule has 0 saturated heterocycles. The molecule has 0 aliphatic heterocycles. The van der Waals surface area contributed by atoms with Crippen molar-refractivity contribution in [2.45, 2.75) is 69.1 Å². The number of carboxylic acids is 1. The van der Waals surface area contributed by atoms with Crippen LogP contribution < -0.4 is 44.6 Å². The Morgan fingerprint density at radius 2 is 1.43 bits per heavy atom. The fourth-order valence-corrected chi connectivity index (χ4v) is 3.61. The van der Waals surface area contributed by atoms with Gasteiger partial charge in [-0.3, -0.25) is 24.2 Å². The number of guanidine groups is 1. The van der Waals surface area contributed by atoms with E-state index in [2.05, 4.69) is 20.9 Å². The number of aliphatic carboxylic acids is 1. The number of unbranched alkanes of at least 4 members (excludes halogenated alkanes) is 1. The van der Waals surface area contributed by atoms with Gasteiger partial charge in [-0.25, -0.2) is 4.79 Å².